The van der Waals surface area contributed by atoms with E-state index in [0.717, 1.165) is 12.0 Å². The van der Waals surface area contributed by atoms with Crippen molar-refractivity contribution in [2.24, 2.45) is 4.99 Å². The molecule has 0 radical (unpaired) electrons. The average Bonchev–Trinajstić information content (AvgIpc) is 2.54. The third-order valence-corrected chi connectivity index (χ3v) is 2.77. The van der Waals surface area contributed by atoms with Crippen LogP contribution in [-0.4, -0.2) is 26.8 Å². The second kappa shape index (κ2) is 7.09. The number of benzene rings is 2. The largest absolute Gasteiger partial charge is 0.493 e. The minimum Gasteiger partial charge on any atom is -0.493 e. The van der Waals surface area contributed by atoms with Crippen LogP contribution in [0.15, 0.2) is 47.5 Å². The maximum Gasteiger partial charge on any atom is 0.169 e. The number of hydrogen-bond acceptors (Lipinski definition) is 4. The van der Waals surface area contributed by atoms with E-state index in [0.29, 0.717) is 22.8 Å². The smallest absolute Gasteiger partial charge is 0.169 e. The van der Waals surface area contributed by atoms with Crippen molar-refractivity contribution in [3.63, 3.8) is 0 Å². The van der Waals surface area contributed by atoms with E-state index >= 15 is 0 Å². The van der Waals surface area contributed by atoms with Crippen LogP contribution in [0.3, 0.4) is 0 Å². The third kappa shape index (κ3) is 3.82. The second-order valence-corrected chi connectivity index (χ2v) is 4.19. The summed E-state index contributed by atoms with van der Waals surface area (Å²) in [7, 11) is 3.23. The Labute approximate surface area is 123 Å². The standard InChI is InChI=1S/C16H16N2O3/c1-17-11-18-13-4-6-14(7-5-13)21-15-8-3-12(10-19)9-16(15)20-2/h3-11H,1-2H3,(H,17,18). The van der Waals surface area contributed by atoms with Gasteiger partial charge >= 0.3 is 0 Å². The Morgan fingerprint density at radius 3 is 2.48 bits per heavy atom. The van der Waals surface area contributed by atoms with E-state index in [-0.39, 0.29) is 0 Å². The third-order valence-electron chi connectivity index (χ3n) is 2.77. The molecule has 108 valence electrons. The number of ether oxygens (including phenoxy) is 2. The Morgan fingerprint density at radius 2 is 1.86 bits per heavy atom. The van der Waals surface area contributed by atoms with Gasteiger partial charge in [0.2, 0.25) is 0 Å². The SMILES string of the molecule is CN=CNc1ccc(Oc2ccc(C=O)cc2OC)cc1. The fourth-order valence-electron chi connectivity index (χ4n) is 1.73. The van der Waals surface area contributed by atoms with Crippen LogP contribution >= 0.6 is 0 Å². The highest BCUT2D eigenvalue weighted by Gasteiger charge is 2.06. The minimum atomic E-state index is 0.514. The van der Waals surface area contributed by atoms with Gasteiger partial charge in [-0.1, -0.05) is 0 Å². The molecule has 2 rings (SSSR count). The van der Waals surface area contributed by atoms with Crippen LogP contribution in [0.25, 0.3) is 0 Å². The molecule has 0 heterocycles. The number of carbonyl (C=O) groups is 1. The van der Waals surface area contributed by atoms with Crippen molar-refractivity contribution in [1.29, 1.82) is 0 Å². The van der Waals surface area contributed by atoms with Crippen LogP contribution in [0.2, 0.25) is 0 Å². The first-order valence-electron chi connectivity index (χ1n) is 6.35. The van der Waals surface area contributed by atoms with Crippen LogP contribution in [-0.2, 0) is 0 Å². The first kappa shape index (κ1) is 14.6. The number of aliphatic imine (C=N–C) groups is 1. The molecule has 5 heteroatoms. The topological polar surface area (TPSA) is 59.9 Å². The number of aldehydes is 1. The van der Waals surface area contributed by atoms with Crippen molar-refractivity contribution in [2.75, 3.05) is 19.5 Å². The highest BCUT2D eigenvalue weighted by atomic mass is 16.5. The van der Waals surface area contributed by atoms with Crippen molar-refractivity contribution >= 4 is 18.3 Å². The second-order valence-electron chi connectivity index (χ2n) is 4.19. The van der Waals surface area contributed by atoms with Crippen molar-refractivity contribution in [3.05, 3.63) is 48.0 Å². The molecule has 0 unspecified atom stereocenters. The molecular weight excluding hydrogens is 268 g/mol. The molecule has 0 amide bonds. The number of methoxy groups -OCH3 is 1. The molecule has 0 aliphatic heterocycles. The van der Waals surface area contributed by atoms with E-state index in [1.807, 2.05) is 24.3 Å². The van der Waals surface area contributed by atoms with Gasteiger partial charge in [0.25, 0.3) is 0 Å². The maximum absolute atomic E-state index is 10.8. The maximum atomic E-state index is 10.8. The molecular formula is C16H16N2O3. The summed E-state index contributed by atoms with van der Waals surface area (Å²) in [6.45, 7) is 0. The first-order valence-corrected chi connectivity index (χ1v) is 6.35. The number of nitrogens with zero attached hydrogens (tertiary/aromatic N) is 1. The molecule has 0 fully saturated rings. The summed E-state index contributed by atoms with van der Waals surface area (Å²) in [5.74, 6) is 1.74. The van der Waals surface area contributed by atoms with E-state index in [1.165, 1.54) is 7.11 Å². The molecule has 21 heavy (non-hydrogen) atoms. The lowest BCUT2D eigenvalue weighted by molar-refractivity contribution is 0.112. The van der Waals surface area contributed by atoms with Crippen molar-refractivity contribution in [3.8, 4) is 17.2 Å². The monoisotopic (exact) mass is 284 g/mol. The number of anilines is 1. The summed E-state index contributed by atoms with van der Waals surface area (Å²) >= 11 is 0. The van der Waals surface area contributed by atoms with E-state index in [1.54, 1.807) is 31.6 Å². The van der Waals surface area contributed by atoms with Gasteiger partial charge in [0, 0.05) is 18.3 Å². The Morgan fingerprint density at radius 1 is 1.10 bits per heavy atom. The normalized spacial score (nSPS) is 10.4. The van der Waals surface area contributed by atoms with E-state index in [9.17, 15) is 4.79 Å². The zero-order valence-electron chi connectivity index (χ0n) is 11.9. The molecule has 0 bridgehead atoms. The lowest BCUT2D eigenvalue weighted by atomic mass is 10.2. The predicted molar refractivity (Wildman–Crippen MR) is 82.9 cm³/mol. The molecule has 0 atom stereocenters. The first-order chi connectivity index (χ1) is 10.3. The molecule has 0 saturated carbocycles. The molecule has 2 aromatic rings. The molecule has 0 aliphatic carbocycles. The number of rotatable bonds is 6. The highest BCUT2D eigenvalue weighted by molar-refractivity contribution is 5.77. The van der Waals surface area contributed by atoms with E-state index in [2.05, 4.69) is 10.3 Å². The zero-order chi connectivity index (χ0) is 15.1. The van der Waals surface area contributed by atoms with E-state index in [4.69, 9.17) is 9.47 Å². The molecule has 0 saturated heterocycles. The quantitative estimate of drug-likeness (QED) is 0.502. The molecule has 0 aromatic heterocycles. The fourth-order valence-corrected chi connectivity index (χ4v) is 1.73. The summed E-state index contributed by atoms with van der Waals surface area (Å²) < 4.78 is 11.0. The van der Waals surface area contributed by atoms with Crippen molar-refractivity contribution < 1.29 is 14.3 Å². The van der Waals surface area contributed by atoms with Crippen LogP contribution < -0.4 is 14.8 Å². The fraction of sp³-hybridized carbons (Fsp3) is 0.125. The van der Waals surface area contributed by atoms with Crippen LogP contribution in [0.4, 0.5) is 5.69 Å². The lowest BCUT2D eigenvalue weighted by Crippen LogP contribution is -1.95. The number of hydrogen-bond donors (Lipinski definition) is 1. The van der Waals surface area contributed by atoms with Gasteiger partial charge in [-0.2, -0.15) is 0 Å². The molecule has 0 spiro atoms. The molecule has 2 aromatic carbocycles. The highest BCUT2D eigenvalue weighted by Crippen LogP contribution is 2.32. The van der Waals surface area contributed by atoms with Crippen LogP contribution in [0.5, 0.6) is 17.2 Å². The number of nitrogens with one attached hydrogen (secondary N) is 1. The van der Waals surface area contributed by atoms with Crippen LogP contribution in [0.1, 0.15) is 10.4 Å². The van der Waals surface area contributed by atoms with Gasteiger partial charge in [0.15, 0.2) is 11.5 Å². The van der Waals surface area contributed by atoms with Crippen molar-refractivity contribution in [1.82, 2.24) is 0 Å². The van der Waals surface area contributed by atoms with Crippen LogP contribution in [0, 0.1) is 0 Å². The van der Waals surface area contributed by atoms with Gasteiger partial charge in [-0.15, -0.1) is 0 Å². The summed E-state index contributed by atoms with van der Waals surface area (Å²) in [4.78, 5) is 14.6. The summed E-state index contributed by atoms with van der Waals surface area (Å²) in [6, 6.07) is 12.4. The Kier molecular flexibility index (Phi) is 4.93. The molecule has 0 aliphatic rings. The lowest BCUT2D eigenvalue weighted by Gasteiger charge is -2.11. The Bertz CT molecular complexity index is 636. The molecule has 1 N–H and O–H groups in total. The zero-order valence-corrected chi connectivity index (χ0v) is 11.9. The summed E-state index contributed by atoms with van der Waals surface area (Å²) in [5, 5.41) is 3.01. The predicted octanol–water partition coefficient (Wildman–Crippen LogP) is 3.37. The summed E-state index contributed by atoms with van der Waals surface area (Å²) in [5.41, 5.74) is 1.45. The molecule has 5 nitrogen and oxygen atoms in total. The average molecular weight is 284 g/mol. The summed E-state index contributed by atoms with van der Waals surface area (Å²) in [6.07, 6.45) is 2.37. The van der Waals surface area contributed by atoms with Gasteiger partial charge < -0.3 is 14.8 Å². The van der Waals surface area contributed by atoms with Gasteiger partial charge in [-0.25, -0.2) is 0 Å². The van der Waals surface area contributed by atoms with Gasteiger partial charge in [-0.3, -0.25) is 9.79 Å². The van der Waals surface area contributed by atoms with Gasteiger partial charge in [-0.05, 0) is 42.5 Å². The Balaban J connectivity index is 2.15. The van der Waals surface area contributed by atoms with E-state index < -0.39 is 0 Å². The minimum absolute atomic E-state index is 0.514. The number of carbonyl (C=O) groups excluding carboxylic acids is 1. The van der Waals surface area contributed by atoms with Gasteiger partial charge in [0.05, 0.1) is 13.4 Å². The Hall–Kier alpha value is -2.82. The van der Waals surface area contributed by atoms with Gasteiger partial charge in [0.1, 0.15) is 12.0 Å². The van der Waals surface area contributed by atoms with Crippen molar-refractivity contribution in [2.45, 2.75) is 0 Å².